The zero-order valence-corrected chi connectivity index (χ0v) is 14.1. The summed E-state index contributed by atoms with van der Waals surface area (Å²) in [6.45, 7) is 6.86. The van der Waals surface area contributed by atoms with E-state index in [-0.39, 0.29) is 5.91 Å². The maximum absolute atomic E-state index is 12.1. The summed E-state index contributed by atoms with van der Waals surface area (Å²) in [4.78, 5) is 16.4. The van der Waals surface area contributed by atoms with Crippen molar-refractivity contribution in [1.82, 2.24) is 30.3 Å². The van der Waals surface area contributed by atoms with Gasteiger partial charge in [0.25, 0.3) is 5.91 Å². The van der Waals surface area contributed by atoms with Crippen LogP contribution >= 0.6 is 11.3 Å². The molecule has 3 aromatic rings. The molecule has 3 aromatic heterocycles. The van der Waals surface area contributed by atoms with Gasteiger partial charge in [-0.1, -0.05) is 0 Å². The van der Waals surface area contributed by atoms with Crippen LogP contribution in [0.1, 0.15) is 38.3 Å². The zero-order valence-electron chi connectivity index (χ0n) is 13.3. The van der Waals surface area contributed by atoms with Crippen LogP contribution in [-0.2, 0) is 13.1 Å². The third kappa shape index (κ3) is 3.65. The number of thiazole rings is 1. The number of aryl methyl sites for hydroxylation is 3. The van der Waals surface area contributed by atoms with E-state index < -0.39 is 0 Å². The molecule has 0 bridgehead atoms. The van der Waals surface area contributed by atoms with Crippen LogP contribution in [0, 0.1) is 20.8 Å². The summed E-state index contributed by atoms with van der Waals surface area (Å²) < 4.78 is 1.88. The second kappa shape index (κ2) is 6.33. The van der Waals surface area contributed by atoms with Crippen LogP contribution in [0.2, 0.25) is 0 Å². The van der Waals surface area contributed by atoms with E-state index in [0.29, 0.717) is 18.8 Å². The molecule has 120 valence electrons. The molecule has 2 N–H and O–H groups in total. The van der Waals surface area contributed by atoms with E-state index in [1.807, 2.05) is 36.9 Å². The Morgan fingerprint density at radius 1 is 1.35 bits per heavy atom. The van der Waals surface area contributed by atoms with Crippen LogP contribution in [-0.4, -0.2) is 30.9 Å². The summed E-state index contributed by atoms with van der Waals surface area (Å²) >= 11 is 1.57. The number of aromatic amines is 1. The molecular weight excluding hydrogens is 312 g/mol. The van der Waals surface area contributed by atoms with Crippen molar-refractivity contribution >= 4 is 17.2 Å². The fraction of sp³-hybridized carbons (Fsp3) is 0.333. The van der Waals surface area contributed by atoms with Crippen molar-refractivity contribution in [2.45, 2.75) is 33.9 Å². The molecule has 0 radical (unpaired) electrons. The van der Waals surface area contributed by atoms with E-state index in [4.69, 9.17) is 0 Å². The molecule has 7 nitrogen and oxygen atoms in total. The highest BCUT2D eigenvalue weighted by atomic mass is 32.1. The van der Waals surface area contributed by atoms with Gasteiger partial charge in [0.2, 0.25) is 0 Å². The second-order valence-electron chi connectivity index (χ2n) is 5.40. The normalized spacial score (nSPS) is 10.9. The molecule has 0 saturated carbocycles. The maximum atomic E-state index is 12.1. The Hall–Kier alpha value is -2.48. The number of aromatic nitrogens is 5. The van der Waals surface area contributed by atoms with Crippen molar-refractivity contribution in [2.75, 3.05) is 0 Å². The molecule has 3 heterocycles. The number of hydrogen-bond donors (Lipinski definition) is 2. The van der Waals surface area contributed by atoms with Crippen LogP contribution in [0.5, 0.6) is 0 Å². The van der Waals surface area contributed by atoms with Crippen molar-refractivity contribution in [3.8, 4) is 0 Å². The SMILES string of the molecule is Cc1cc(C)n(Cc2cc(C(=O)NCc3csc(C)n3)n[nH]2)n1. The molecule has 3 rings (SSSR count). The Bertz CT molecular complexity index is 831. The van der Waals surface area contributed by atoms with Crippen LogP contribution in [0.15, 0.2) is 17.5 Å². The molecular formula is C15H18N6OS. The Balaban J connectivity index is 1.62. The molecule has 0 saturated heterocycles. The molecule has 0 aliphatic rings. The molecule has 1 amide bonds. The lowest BCUT2D eigenvalue weighted by Gasteiger charge is -2.01. The van der Waals surface area contributed by atoms with Gasteiger partial charge >= 0.3 is 0 Å². The first-order chi connectivity index (χ1) is 11.0. The highest BCUT2D eigenvalue weighted by Crippen LogP contribution is 2.09. The molecule has 0 fully saturated rings. The first-order valence-electron chi connectivity index (χ1n) is 7.26. The number of nitrogens with zero attached hydrogens (tertiary/aromatic N) is 4. The summed E-state index contributed by atoms with van der Waals surface area (Å²) in [5.41, 5.74) is 4.11. The van der Waals surface area contributed by atoms with Gasteiger partial charge in [-0.05, 0) is 32.9 Å². The largest absolute Gasteiger partial charge is 0.345 e. The number of H-pyrrole nitrogens is 1. The van der Waals surface area contributed by atoms with E-state index in [1.54, 1.807) is 17.4 Å². The molecule has 0 spiro atoms. The summed E-state index contributed by atoms with van der Waals surface area (Å²) in [6.07, 6.45) is 0. The maximum Gasteiger partial charge on any atom is 0.272 e. The van der Waals surface area contributed by atoms with Crippen molar-refractivity contribution in [1.29, 1.82) is 0 Å². The van der Waals surface area contributed by atoms with Gasteiger partial charge in [-0.2, -0.15) is 10.2 Å². The Morgan fingerprint density at radius 2 is 2.17 bits per heavy atom. The number of amides is 1. The first-order valence-corrected chi connectivity index (χ1v) is 8.14. The Labute approximate surface area is 137 Å². The summed E-state index contributed by atoms with van der Waals surface area (Å²) in [5, 5.41) is 17.1. The number of carbonyl (C=O) groups excluding carboxylic acids is 1. The van der Waals surface area contributed by atoms with E-state index in [2.05, 4.69) is 25.6 Å². The Kier molecular flexibility index (Phi) is 4.24. The number of rotatable bonds is 5. The van der Waals surface area contributed by atoms with Crippen LogP contribution in [0.25, 0.3) is 0 Å². The lowest BCUT2D eigenvalue weighted by molar-refractivity contribution is 0.0945. The molecule has 0 aromatic carbocycles. The first kappa shape index (κ1) is 15.4. The van der Waals surface area contributed by atoms with Crippen LogP contribution < -0.4 is 5.32 Å². The highest BCUT2D eigenvalue weighted by molar-refractivity contribution is 7.09. The summed E-state index contributed by atoms with van der Waals surface area (Å²) in [5.74, 6) is -0.216. The molecule has 0 unspecified atom stereocenters. The predicted octanol–water partition coefficient (Wildman–Crippen LogP) is 1.97. The molecule has 0 atom stereocenters. The number of nitrogens with one attached hydrogen (secondary N) is 2. The van der Waals surface area contributed by atoms with Crippen molar-refractivity contribution in [2.24, 2.45) is 0 Å². The van der Waals surface area contributed by atoms with Gasteiger partial charge in [0.1, 0.15) is 5.69 Å². The smallest absolute Gasteiger partial charge is 0.272 e. The van der Waals surface area contributed by atoms with Crippen LogP contribution in [0.3, 0.4) is 0 Å². The van der Waals surface area contributed by atoms with E-state index in [0.717, 1.165) is 27.8 Å². The van der Waals surface area contributed by atoms with Gasteiger partial charge < -0.3 is 5.32 Å². The average molecular weight is 330 g/mol. The van der Waals surface area contributed by atoms with Gasteiger partial charge in [-0.15, -0.1) is 11.3 Å². The quantitative estimate of drug-likeness (QED) is 0.748. The van der Waals surface area contributed by atoms with E-state index >= 15 is 0 Å². The van der Waals surface area contributed by atoms with E-state index in [1.165, 1.54) is 0 Å². The number of carbonyl (C=O) groups is 1. The topological polar surface area (TPSA) is 88.5 Å². The monoisotopic (exact) mass is 330 g/mol. The van der Waals surface area contributed by atoms with Gasteiger partial charge in [0.15, 0.2) is 0 Å². The fourth-order valence-electron chi connectivity index (χ4n) is 2.31. The average Bonchev–Trinajstić information content (AvgIpc) is 3.19. The minimum atomic E-state index is -0.216. The highest BCUT2D eigenvalue weighted by Gasteiger charge is 2.12. The van der Waals surface area contributed by atoms with E-state index in [9.17, 15) is 4.79 Å². The van der Waals surface area contributed by atoms with Crippen LogP contribution in [0.4, 0.5) is 0 Å². The standard InChI is InChI=1S/C15H18N6OS/c1-9-4-10(2)21(20-9)7-12-5-14(19-18-12)15(22)16-6-13-8-23-11(3)17-13/h4-5,8H,6-7H2,1-3H3,(H,16,22)(H,18,19). The summed E-state index contributed by atoms with van der Waals surface area (Å²) in [7, 11) is 0. The lowest BCUT2D eigenvalue weighted by Crippen LogP contribution is -2.23. The molecule has 0 aliphatic heterocycles. The van der Waals surface area contributed by atoms with Gasteiger partial charge in [-0.25, -0.2) is 4.98 Å². The zero-order chi connectivity index (χ0) is 16.4. The van der Waals surface area contributed by atoms with Gasteiger partial charge in [-0.3, -0.25) is 14.6 Å². The van der Waals surface area contributed by atoms with Crippen molar-refractivity contribution in [3.63, 3.8) is 0 Å². The lowest BCUT2D eigenvalue weighted by atomic mass is 10.3. The summed E-state index contributed by atoms with van der Waals surface area (Å²) in [6, 6.07) is 3.76. The van der Waals surface area contributed by atoms with Gasteiger partial charge in [0, 0.05) is 11.1 Å². The predicted molar refractivity (Wildman–Crippen MR) is 87.4 cm³/mol. The minimum absolute atomic E-state index is 0.216. The van der Waals surface area contributed by atoms with Crippen molar-refractivity contribution in [3.05, 3.63) is 51.0 Å². The van der Waals surface area contributed by atoms with Crippen molar-refractivity contribution < 1.29 is 4.79 Å². The molecule has 8 heteroatoms. The fourth-order valence-corrected chi connectivity index (χ4v) is 2.92. The molecule has 0 aliphatic carbocycles. The second-order valence-corrected chi connectivity index (χ2v) is 6.47. The minimum Gasteiger partial charge on any atom is -0.345 e. The third-order valence-corrected chi connectivity index (χ3v) is 4.21. The number of hydrogen-bond acceptors (Lipinski definition) is 5. The third-order valence-electron chi connectivity index (χ3n) is 3.38. The molecule has 23 heavy (non-hydrogen) atoms. The Morgan fingerprint density at radius 3 is 2.83 bits per heavy atom. The van der Waals surface area contributed by atoms with Gasteiger partial charge in [0.05, 0.1) is 35.2 Å².